The van der Waals surface area contributed by atoms with Gasteiger partial charge in [0.25, 0.3) is 0 Å². The number of nitrogens with zero attached hydrogens (tertiary/aromatic N) is 1. The summed E-state index contributed by atoms with van der Waals surface area (Å²) in [6, 6.07) is 26.7. The van der Waals surface area contributed by atoms with Crippen molar-refractivity contribution in [2.45, 2.75) is 59.7 Å². The molecule has 0 unspecified atom stereocenters. The first-order valence-corrected chi connectivity index (χ1v) is 10.7. The first-order chi connectivity index (χ1) is 13.7. The quantitative estimate of drug-likeness (QED) is 0.411. The Bertz CT molecular complexity index is 763. The monoisotopic (exact) mass is 371 g/mol. The average molecular weight is 372 g/mol. The topological polar surface area (TPSA) is 3.24 Å². The molecule has 0 atom stereocenters. The molecule has 0 saturated heterocycles. The zero-order valence-electron chi connectivity index (χ0n) is 17.6. The van der Waals surface area contributed by atoms with Crippen LogP contribution in [0.25, 0.3) is 0 Å². The third kappa shape index (κ3) is 5.11. The minimum Gasteiger partial charge on any atom is -0.291 e. The van der Waals surface area contributed by atoms with Crippen molar-refractivity contribution < 1.29 is 0 Å². The van der Waals surface area contributed by atoms with E-state index in [0.717, 1.165) is 38.9 Å². The van der Waals surface area contributed by atoms with Gasteiger partial charge in [-0.05, 0) is 52.6 Å². The molecular weight excluding hydrogens is 338 g/mol. The van der Waals surface area contributed by atoms with Gasteiger partial charge in [0, 0.05) is 19.6 Å². The van der Waals surface area contributed by atoms with Gasteiger partial charge in [0.05, 0.1) is 0 Å². The summed E-state index contributed by atoms with van der Waals surface area (Å²) in [6.45, 7) is 9.71. The van der Waals surface area contributed by atoms with E-state index in [1.807, 2.05) is 0 Å². The second-order valence-corrected chi connectivity index (χ2v) is 7.51. The maximum absolute atomic E-state index is 2.61. The van der Waals surface area contributed by atoms with Crippen LogP contribution in [0.3, 0.4) is 0 Å². The lowest BCUT2D eigenvalue weighted by molar-refractivity contribution is 0.245. The summed E-state index contributed by atoms with van der Waals surface area (Å²) in [7, 11) is 0. The van der Waals surface area contributed by atoms with Gasteiger partial charge in [0.15, 0.2) is 0 Å². The molecule has 0 fully saturated rings. The smallest absolute Gasteiger partial charge is 0.0243 e. The van der Waals surface area contributed by atoms with E-state index in [0.29, 0.717) is 0 Å². The molecule has 3 aromatic carbocycles. The van der Waals surface area contributed by atoms with Crippen LogP contribution < -0.4 is 0 Å². The standard InChI is InChI=1S/C27H33N/c1-4-22-13-7-10-16-25(22)19-28(20-26-17-11-8-14-23(26)5-2)21-27-18-12-9-15-24(27)6-3/h7-18H,4-6,19-21H2,1-3H3. The van der Waals surface area contributed by atoms with E-state index >= 15 is 0 Å². The molecule has 1 heteroatoms. The maximum Gasteiger partial charge on any atom is 0.0243 e. The molecule has 0 saturated carbocycles. The van der Waals surface area contributed by atoms with Gasteiger partial charge >= 0.3 is 0 Å². The molecule has 146 valence electrons. The molecule has 1 nitrogen and oxygen atoms in total. The predicted octanol–water partition coefficient (Wildman–Crippen LogP) is 6.58. The number of rotatable bonds is 9. The Kier molecular flexibility index (Phi) is 7.45. The van der Waals surface area contributed by atoms with Gasteiger partial charge in [-0.15, -0.1) is 0 Å². The Morgan fingerprint density at radius 1 is 0.429 bits per heavy atom. The predicted molar refractivity (Wildman–Crippen MR) is 120 cm³/mol. The van der Waals surface area contributed by atoms with Gasteiger partial charge in [0.2, 0.25) is 0 Å². The van der Waals surface area contributed by atoms with E-state index in [4.69, 9.17) is 0 Å². The van der Waals surface area contributed by atoms with E-state index in [1.54, 1.807) is 0 Å². The summed E-state index contributed by atoms with van der Waals surface area (Å²) in [5.41, 5.74) is 8.73. The van der Waals surface area contributed by atoms with Crippen LogP contribution in [0.15, 0.2) is 72.8 Å². The Hall–Kier alpha value is -2.38. The Balaban J connectivity index is 1.91. The number of hydrogen-bond donors (Lipinski definition) is 0. The van der Waals surface area contributed by atoms with Crippen LogP contribution >= 0.6 is 0 Å². The highest BCUT2D eigenvalue weighted by molar-refractivity contribution is 5.31. The lowest BCUT2D eigenvalue weighted by Crippen LogP contribution is -2.24. The summed E-state index contributed by atoms with van der Waals surface area (Å²) in [5, 5.41) is 0. The lowest BCUT2D eigenvalue weighted by Gasteiger charge is -2.26. The third-order valence-electron chi connectivity index (χ3n) is 5.68. The first-order valence-electron chi connectivity index (χ1n) is 10.7. The highest BCUT2D eigenvalue weighted by Crippen LogP contribution is 2.21. The molecule has 0 aromatic heterocycles. The summed E-state index contributed by atoms with van der Waals surface area (Å²) < 4.78 is 0. The van der Waals surface area contributed by atoms with Crippen LogP contribution in [0.4, 0.5) is 0 Å². The van der Waals surface area contributed by atoms with Crippen LogP contribution in [0, 0.1) is 0 Å². The van der Waals surface area contributed by atoms with Crippen molar-refractivity contribution in [2.75, 3.05) is 0 Å². The van der Waals surface area contributed by atoms with Crippen LogP contribution in [0.5, 0.6) is 0 Å². The Labute approximate surface area is 171 Å². The fourth-order valence-corrected chi connectivity index (χ4v) is 4.06. The Morgan fingerprint density at radius 3 is 0.929 bits per heavy atom. The normalized spacial score (nSPS) is 11.1. The zero-order valence-corrected chi connectivity index (χ0v) is 17.6. The van der Waals surface area contributed by atoms with E-state index in [-0.39, 0.29) is 0 Å². The van der Waals surface area contributed by atoms with E-state index in [2.05, 4.69) is 98.5 Å². The molecule has 0 radical (unpaired) electrons. The fraction of sp³-hybridized carbons (Fsp3) is 0.333. The van der Waals surface area contributed by atoms with Crippen LogP contribution in [0.2, 0.25) is 0 Å². The fourth-order valence-electron chi connectivity index (χ4n) is 4.06. The maximum atomic E-state index is 2.61. The summed E-state index contributed by atoms with van der Waals surface area (Å²) >= 11 is 0. The second-order valence-electron chi connectivity index (χ2n) is 7.51. The van der Waals surface area contributed by atoms with Crippen LogP contribution in [-0.4, -0.2) is 4.90 Å². The van der Waals surface area contributed by atoms with Crippen molar-refractivity contribution in [3.63, 3.8) is 0 Å². The Morgan fingerprint density at radius 2 is 0.679 bits per heavy atom. The van der Waals surface area contributed by atoms with Gasteiger partial charge in [-0.3, -0.25) is 4.90 Å². The lowest BCUT2D eigenvalue weighted by atomic mass is 10.0. The molecule has 0 N–H and O–H groups in total. The number of hydrogen-bond acceptors (Lipinski definition) is 1. The van der Waals surface area contributed by atoms with E-state index < -0.39 is 0 Å². The first kappa shape index (κ1) is 20.4. The highest BCUT2D eigenvalue weighted by atomic mass is 15.1. The SMILES string of the molecule is CCc1ccccc1CN(Cc1ccccc1CC)Cc1ccccc1CC. The zero-order chi connectivity index (χ0) is 19.8. The largest absolute Gasteiger partial charge is 0.291 e. The summed E-state index contributed by atoms with van der Waals surface area (Å²) in [6.07, 6.45) is 3.25. The van der Waals surface area contributed by atoms with E-state index in [1.165, 1.54) is 33.4 Å². The van der Waals surface area contributed by atoms with Crippen molar-refractivity contribution >= 4 is 0 Å². The molecule has 3 rings (SSSR count). The van der Waals surface area contributed by atoms with Crippen molar-refractivity contribution in [1.29, 1.82) is 0 Å². The van der Waals surface area contributed by atoms with Crippen molar-refractivity contribution in [1.82, 2.24) is 4.90 Å². The number of benzene rings is 3. The van der Waals surface area contributed by atoms with Gasteiger partial charge < -0.3 is 0 Å². The molecule has 0 bridgehead atoms. The molecule has 28 heavy (non-hydrogen) atoms. The molecule has 3 aromatic rings. The minimum atomic E-state index is 0.986. The van der Waals surface area contributed by atoms with Crippen LogP contribution in [-0.2, 0) is 38.9 Å². The molecule has 0 amide bonds. The van der Waals surface area contributed by atoms with Crippen molar-refractivity contribution in [3.05, 3.63) is 106 Å². The van der Waals surface area contributed by atoms with Gasteiger partial charge in [-0.1, -0.05) is 93.6 Å². The molecule has 0 aliphatic carbocycles. The van der Waals surface area contributed by atoms with Crippen LogP contribution in [0.1, 0.15) is 54.2 Å². The van der Waals surface area contributed by atoms with Crippen molar-refractivity contribution in [3.8, 4) is 0 Å². The molecule has 0 aliphatic heterocycles. The molecule has 0 aliphatic rings. The molecule has 0 heterocycles. The molecule has 0 spiro atoms. The van der Waals surface area contributed by atoms with Gasteiger partial charge in [-0.25, -0.2) is 0 Å². The third-order valence-corrected chi connectivity index (χ3v) is 5.68. The number of aryl methyl sites for hydroxylation is 3. The molecular formula is C27H33N. The average Bonchev–Trinajstić information content (AvgIpc) is 2.75. The minimum absolute atomic E-state index is 0.986. The van der Waals surface area contributed by atoms with Gasteiger partial charge in [0.1, 0.15) is 0 Å². The van der Waals surface area contributed by atoms with Gasteiger partial charge in [-0.2, -0.15) is 0 Å². The van der Waals surface area contributed by atoms with Crippen molar-refractivity contribution in [2.24, 2.45) is 0 Å². The summed E-state index contributed by atoms with van der Waals surface area (Å²) in [5.74, 6) is 0. The highest BCUT2D eigenvalue weighted by Gasteiger charge is 2.13. The second kappa shape index (κ2) is 10.2. The van der Waals surface area contributed by atoms with E-state index in [9.17, 15) is 0 Å². The summed E-state index contributed by atoms with van der Waals surface area (Å²) in [4.78, 5) is 2.61.